The van der Waals surface area contributed by atoms with E-state index in [0.29, 0.717) is 24.2 Å². The van der Waals surface area contributed by atoms with Crippen molar-refractivity contribution in [2.45, 2.75) is 70.6 Å². The minimum absolute atomic E-state index is 0.190. The fourth-order valence-electron chi connectivity index (χ4n) is 5.14. The molecule has 2 unspecified atom stereocenters. The lowest BCUT2D eigenvalue weighted by atomic mass is 9.81. The minimum Gasteiger partial charge on any atom is -0.496 e. The summed E-state index contributed by atoms with van der Waals surface area (Å²) in [7, 11) is 1.58. The number of nitrogens with zero attached hydrogens (tertiary/aromatic N) is 1. The fourth-order valence-corrected chi connectivity index (χ4v) is 5.14. The third-order valence-electron chi connectivity index (χ3n) is 8.09. The Hall–Kier alpha value is -3.85. The second kappa shape index (κ2) is 13.2. The summed E-state index contributed by atoms with van der Waals surface area (Å²) in [6, 6.07) is 6.77. The molecule has 3 N–H and O–H groups in total. The molecule has 0 saturated carbocycles. The molecule has 0 radical (unpaired) electrons. The number of nitrogens with one attached hydrogen (secondary N) is 1. The van der Waals surface area contributed by atoms with Gasteiger partial charge in [-0.2, -0.15) is 0 Å². The van der Waals surface area contributed by atoms with Gasteiger partial charge in [0.2, 0.25) is 5.91 Å². The molecule has 222 valence electrons. The van der Waals surface area contributed by atoms with E-state index < -0.39 is 41.1 Å². The second-order valence-electron chi connectivity index (χ2n) is 11.3. The molecule has 1 saturated heterocycles. The highest BCUT2D eigenvalue weighted by atomic mass is 16.5. The average molecular weight is 567 g/mol. The van der Waals surface area contributed by atoms with Crippen molar-refractivity contribution in [1.82, 2.24) is 10.2 Å². The Bertz CT molecular complexity index is 1300. The third kappa shape index (κ3) is 7.08. The van der Waals surface area contributed by atoms with Crippen molar-refractivity contribution in [2.75, 3.05) is 20.3 Å². The van der Waals surface area contributed by atoms with Crippen molar-refractivity contribution >= 4 is 34.8 Å². The molecule has 0 aliphatic carbocycles. The van der Waals surface area contributed by atoms with Gasteiger partial charge < -0.3 is 29.9 Å². The van der Waals surface area contributed by atoms with Crippen LogP contribution < -0.4 is 10.1 Å². The summed E-state index contributed by atoms with van der Waals surface area (Å²) < 4.78 is 10.7. The molecule has 0 aromatic heterocycles. The average Bonchev–Trinajstić information content (AvgIpc) is 3.33. The molecule has 9 nitrogen and oxygen atoms in total. The number of alkyl carbamates (subject to hydrolysis) is 1. The van der Waals surface area contributed by atoms with Crippen LogP contribution in [0.3, 0.4) is 0 Å². The first-order chi connectivity index (χ1) is 19.4. The second-order valence-corrected chi connectivity index (χ2v) is 11.3. The van der Waals surface area contributed by atoms with Gasteiger partial charge in [-0.3, -0.25) is 4.79 Å². The van der Waals surface area contributed by atoms with Crippen molar-refractivity contribution in [1.29, 1.82) is 0 Å². The smallest absolute Gasteiger partial charge is 0.407 e. The lowest BCUT2D eigenvalue weighted by Crippen LogP contribution is -2.57. The number of aliphatic carboxylic acids is 1. The van der Waals surface area contributed by atoms with Crippen LogP contribution in [-0.2, 0) is 19.9 Å². The van der Waals surface area contributed by atoms with Gasteiger partial charge in [-0.15, -0.1) is 6.58 Å². The Morgan fingerprint density at radius 1 is 1.20 bits per heavy atom. The molecule has 0 bridgehead atoms. The lowest BCUT2D eigenvalue weighted by molar-refractivity contribution is -0.150. The zero-order valence-corrected chi connectivity index (χ0v) is 24.4. The predicted molar refractivity (Wildman–Crippen MR) is 159 cm³/mol. The van der Waals surface area contributed by atoms with Crippen molar-refractivity contribution < 1.29 is 34.1 Å². The standard InChI is InChI=1S/C32H42N2O7/c1-7-10-11-12-15-41-30(38)33-27(31(4,5)9-3)28(35)34-20-32(39,19-25(34)29(36)37)24-14-13-22-18-26(40-6)21(8-2)16-23(22)17-24/h7-8,13-14,16-18,25,27,39H,1-2,9-12,15,19-20H2,3-6H3,(H,33,38)(H,36,37)/t25?,27-,32?/m1/s1. The van der Waals surface area contributed by atoms with Gasteiger partial charge in [-0.05, 0) is 65.6 Å². The Labute approximate surface area is 241 Å². The van der Waals surface area contributed by atoms with Crippen molar-refractivity contribution in [3.8, 4) is 5.75 Å². The molecule has 1 aliphatic heterocycles. The molecule has 1 heterocycles. The number of rotatable bonds is 13. The molecule has 0 spiro atoms. The number of benzene rings is 2. The van der Waals surface area contributed by atoms with Gasteiger partial charge >= 0.3 is 12.1 Å². The van der Waals surface area contributed by atoms with Crippen LogP contribution in [0.4, 0.5) is 4.79 Å². The maximum Gasteiger partial charge on any atom is 0.407 e. The maximum absolute atomic E-state index is 13.9. The molecule has 9 heteroatoms. The molecule has 2 amide bonds. The summed E-state index contributed by atoms with van der Waals surface area (Å²) in [5.74, 6) is -1.15. The SMILES string of the molecule is C=CCCCCOC(=O)N[C@H](C(=O)N1CC(O)(c2ccc3cc(OC)c(C=C)cc3c2)CC1C(=O)O)C(C)(C)CC. The van der Waals surface area contributed by atoms with E-state index in [1.54, 1.807) is 31.4 Å². The topological polar surface area (TPSA) is 125 Å². The van der Waals surface area contributed by atoms with Crippen LogP contribution in [0.25, 0.3) is 16.8 Å². The summed E-state index contributed by atoms with van der Waals surface area (Å²) >= 11 is 0. The zero-order valence-electron chi connectivity index (χ0n) is 24.4. The molecule has 2 aromatic carbocycles. The van der Waals surface area contributed by atoms with E-state index in [4.69, 9.17) is 9.47 Å². The van der Waals surface area contributed by atoms with E-state index in [1.165, 1.54) is 4.90 Å². The zero-order chi connectivity index (χ0) is 30.4. The number of carboxylic acids is 1. The Morgan fingerprint density at radius 3 is 2.54 bits per heavy atom. The summed E-state index contributed by atoms with van der Waals surface area (Å²) in [5.41, 5.74) is -1.07. The number of hydrogen-bond acceptors (Lipinski definition) is 6. The largest absolute Gasteiger partial charge is 0.496 e. The van der Waals surface area contributed by atoms with Crippen molar-refractivity contribution in [2.24, 2.45) is 5.41 Å². The lowest BCUT2D eigenvalue weighted by Gasteiger charge is -2.36. The number of unbranched alkanes of at least 4 members (excludes halogenated alkanes) is 2. The first-order valence-corrected chi connectivity index (χ1v) is 13.9. The monoisotopic (exact) mass is 566 g/mol. The van der Waals surface area contributed by atoms with E-state index in [1.807, 2.05) is 39.0 Å². The number of β-amino-alcohol motifs (C(OH)–C–C–N with tert-alkyl or cyclic N) is 1. The van der Waals surface area contributed by atoms with Gasteiger partial charge in [0.1, 0.15) is 23.4 Å². The number of methoxy groups -OCH3 is 1. The van der Waals surface area contributed by atoms with Gasteiger partial charge in [0, 0.05) is 12.0 Å². The number of carbonyl (C=O) groups is 3. The van der Waals surface area contributed by atoms with E-state index in [9.17, 15) is 24.6 Å². The van der Waals surface area contributed by atoms with E-state index in [2.05, 4.69) is 18.5 Å². The number of likely N-dealkylation sites (tertiary alicyclic amines) is 1. The van der Waals surface area contributed by atoms with Crippen LogP contribution in [-0.4, -0.2) is 65.4 Å². The third-order valence-corrected chi connectivity index (χ3v) is 8.09. The Kier molecular flexibility index (Phi) is 10.2. The number of allylic oxidation sites excluding steroid dienone is 1. The summed E-state index contributed by atoms with van der Waals surface area (Å²) in [4.78, 5) is 40.1. The first kappa shape index (κ1) is 31.7. The van der Waals surface area contributed by atoms with Crippen LogP contribution in [0, 0.1) is 5.41 Å². The van der Waals surface area contributed by atoms with Gasteiger partial charge in [-0.25, -0.2) is 9.59 Å². The summed E-state index contributed by atoms with van der Waals surface area (Å²) in [5, 5.41) is 26.2. The van der Waals surface area contributed by atoms with Crippen molar-refractivity contribution in [3.63, 3.8) is 0 Å². The summed E-state index contributed by atoms with van der Waals surface area (Å²) in [6.45, 7) is 13.0. The number of ether oxygens (including phenoxy) is 2. The molecule has 1 fully saturated rings. The van der Waals surface area contributed by atoms with Crippen LogP contribution in [0.15, 0.2) is 49.6 Å². The predicted octanol–water partition coefficient (Wildman–Crippen LogP) is 5.25. The number of hydrogen-bond donors (Lipinski definition) is 3. The number of aliphatic hydroxyl groups is 1. The highest BCUT2D eigenvalue weighted by Gasteiger charge is 2.52. The van der Waals surface area contributed by atoms with Crippen LogP contribution >= 0.6 is 0 Å². The number of fused-ring (bicyclic) bond motifs is 1. The highest BCUT2D eigenvalue weighted by Crippen LogP contribution is 2.40. The van der Waals surface area contributed by atoms with Crippen LogP contribution in [0.1, 0.15) is 64.0 Å². The molecular weight excluding hydrogens is 524 g/mol. The minimum atomic E-state index is -1.62. The quantitative estimate of drug-likeness (QED) is 0.223. The molecule has 41 heavy (non-hydrogen) atoms. The van der Waals surface area contributed by atoms with E-state index >= 15 is 0 Å². The molecule has 3 rings (SSSR count). The Balaban J connectivity index is 1.90. The molecular formula is C32H42N2O7. The number of carboxylic acid groups (broad SMARTS) is 1. The van der Waals surface area contributed by atoms with Crippen LogP contribution in [0.2, 0.25) is 0 Å². The molecule has 3 atom stereocenters. The number of carbonyl (C=O) groups excluding carboxylic acids is 2. The van der Waals surface area contributed by atoms with Gasteiger partial charge in [0.05, 0.1) is 20.3 Å². The maximum atomic E-state index is 13.9. The fraction of sp³-hybridized carbons (Fsp3) is 0.469. The molecule has 1 aliphatic rings. The molecule has 2 aromatic rings. The van der Waals surface area contributed by atoms with Gasteiger partial charge in [0.15, 0.2) is 0 Å². The van der Waals surface area contributed by atoms with E-state index in [0.717, 1.165) is 29.2 Å². The normalized spacial score (nSPS) is 19.4. The van der Waals surface area contributed by atoms with Crippen LogP contribution in [0.5, 0.6) is 5.75 Å². The first-order valence-electron chi connectivity index (χ1n) is 13.9. The van der Waals surface area contributed by atoms with Crippen molar-refractivity contribution in [3.05, 3.63) is 60.7 Å². The van der Waals surface area contributed by atoms with Gasteiger partial charge in [0.25, 0.3) is 0 Å². The van der Waals surface area contributed by atoms with Gasteiger partial charge in [-0.1, -0.05) is 51.6 Å². The number of amides is 2. The summed E-state index contributed by atoms with van der Waals surface area (Å²) in [6.07, 6.45) is 5.34. The highest BCUT2D eigenvalue weighted by molar-refractivity contribution is 5.91. The van der Waals surface area contributed by atoms with E-state index in [-0.39, 0.29) is 19.6 Å². The Morgan fingerprint density at radius 2 is 1.93 bits per heavy atom.